The van der Waals surface area contributed by atoms with E-state index in [1.165, 1.54) is 66.0 Å². The van der Waals surface area contributed by atoms with Crippen molar-refractivity contribution in [1.29, 1.82) is 0 Å². The van der Waals surface area contributed by atoms with Gasteiger partial charge in [-0.15, -0.1) is 0 Å². The molecule has 38 heavy (non-hydrogen) atoms. The maximum Gasteiger partial charge on any atom is 0.261 e. The zero-order valence-corrected chi connectivity index (χ0v) is 23.1. The first-order valence-electron chi connectivity index (χ1n) is 11.2. The molecule has 1 aliphatic heterocycles. The molecule has 2 N–H and O–H groups in total. The molecular weight excluding hydrogens is 577 g/mol. The molecule has 1 amide bonds. The molecule has 0 saturated carbocycles. The lowest BCUT2D eigenvalue weighted by molar-refractivity contribution is 0.0730. The quantitative estimate of drug-likeness (QED) is 0.399. The molecule has 3 aromatic carbocycles. The molecule has 1 saturated heterocycles. The molecule has 1 aliphatic rings. The van der Waals surface area contributed by atoms with Gasteiger partial charge < -0.3 is 14.8 Å². The zero-order chi connectivity index (χ0) is 27.5. The molecule has 1 heterocycles. The van der Waals surface area contributed by atoms with E-state index >= 15 is 0 Å². The summed E-state index contributed by atoms with van der Waals surface area (Å²) in [5.74, 6) is -0.467. The van der Waals surface area contributed by atoms with Gasteiger partial charge in [0.05, 0.1) is 51.4 Å². The average molecular weight is 601 g/mol. The number of carbonyl (C=O) groups is 1. The van der Waals surface area contributed by atoms with Crippen LogP contribution >= 0.6 is 23.2 Å². The minimum atomic E-state index is -4.00. The SMILES string of the molecule is COc1ccc(S(=O)(=O)N2CCOCC2)cc1C(=O)Nc1ccc(S(=O)(=O)Nc2cccc(Cl)c2Cl)cc1. The number of morpholine rings is 1. The number of sulfonamides is 2. The zero-order valence-electron chi connectivity index (χ0n) is 20.0. The highest BCUT2D eigenvalue weighted by Gasteiger charge is 2.28. The van der Waals surface area contributed by atoms with Gasteiger partial charge in [-0.05, 0) is 54.6 Å². The largest absolute Gasteiger partial charge is 0.496 e. The summed E-state index contributed by atoms with van der Waals surface area (Å²) in [6.45, 7) is 0.999. The number of hydrogen-bond acceptors (Lipinski definition) is 7. The van der Waals surface area contributed by atoms with Crippen LogP contribution in [-0.2, 0) is 24.8 Å². The first-order chi connectivity index (χ1) is 18.0. The van der Waals surface area contributed by atoms with Crippen molar-refractivity contribution >= 4 is 60.5 Å². The number of nitrogens with one attached hydrogen (secondary N) is 2. The van der Waals surface area contributed by atoms with Crippen molar-refractivity contribution in [2.75, 3.05) is 43.5 Å². The number of benzene rings is 3. The van der Waals surface area contributed by atoms with Crippen molar-refractivity contribution in [1.82, 2.24) is 4.31 Å². The van der Waals surface area contributed by atoms with Gasteiger partial charge in [0.15, 0.2) is 0 Å². The van der Waals surface area contributed by atoms with Crippen LogP contribution in [0, 0.1) is 0 Å². The molecule has 10 nitrogen and oxygen atoms in total. The molecule has 0 atom stereocenters. The Kier molecular flexibility index (Phi) is 8.50. The summed E-state index contributed by atoms with van der Waals surface area (Å²) in [6, 6.07) is 14.0. The van der Waals surface area contributed by atoms with E-state index in [2.05, 4.69) is 10.0 Å². The first-order valence-corrected chi connectivity index (χ1v) is 14.8. The van der Waals surface area contributed by atoms with Gasteiger partial charge in [-0.2, -0.15) is 4.31 Å². The Hall–Kier alpha value is -2.87. The van der Waals surface area contributed by atoms with Crippen molar-refractivity contribution in [3.63, 3.8) is 0 Å². The lowest BCUT2D eigenvalue weighted by Gasteiger charge is -2.26. The molecule has 0 aliphatic carbocycles. The average Bonchev–Trinajstić information content (AvgIpc) is 2.91. The second-order valence-corrected chi connectivity index (χ2v) is 12.5. The molecule has 14 heteroatoms. The predicted octanol–water partition coefficient (Wildman–Crippen LogP) is 4.08. The minimum absolute atomic E-state index is 0.00389. The Morgan fingerprint density at radius 1 is 0.947 bits per heavy atom. The number of amides is 1. The van der Waals surface area contributed by atoms with E-state index < -0.39 is 26.0 Å². The lowest BCUT2D eigenvalue weighted by atomic mass is 10.2. The monoisotopic (exact) mass is 599 g/mol. The van der Waals surface area contributed by atoms with Crippen molar-refractivity contribution in [3.8, 4) is 5.75 Å². The third kappa shape index (κ3) is 6.06. The Labute approximate surface area is 230 Å². The summed E-state index contributed by atoms with van der Waals surface area (Å²) in [5, 5.41) is 2.89. The van der Waals surface area contributed by atoms with Crippen LogP contribution in [0.1, 0.15) is 10.4 Å². The van der Waals surface area contributed by atoms with Crippen LogP contribution in [0.3, 0.4) is 0 Å². The van der Waals surface area contributed by atoms with Gasteiger partial charge in [0.2, 0.25) is 10.0 Å². The summed E-state index contributed by atoms with van der Waals surface area (Å²) in [5.41, 5.74) is 0.393. The fourth-order valence-electron chi connectivity index (χ4n) is 3.66. The molecular formula is C24H23Cl2N3O7S2. The molecule has 3 aromatic rings. The number of carbonyl (C=O) groups excluding carboxylic acids is 1. The van der Waals surface area contributed by atoms with Crippen LogP contribution in [0.4, 0.5) is 11.4 Å². The molecule has 0 aromatic heterocycles. The normalized spacial score (nSPS) is 14.6. The summed E-state index contributed by atoms with van der Waals surface area (Å²) in [7, 11) is -6.48. The van der Waals surface area contributed by atoms with E-state index in [1.807, 2.05) is 0 Å². The van der Waals surface area contributed by atoms with E-state index in [0.717, 1.165) is 0 Å². The summed E-state index contributed by atoms with van der Waals surface area (Å²) < 4.78 is 65.8. The number of anilines is 2. The highest BCUT2D eigenvalue weighted by Crippen LogP contribution is 2.31. The second-order valence-electron chi connectivity index (χ2n) is 8.06. The van der Waals surface area contributed by atoms with Gasteiger partial charge in [0.25, 0.3) is 15.9 Å². The summed E-state index contributed by atoms with van der Waals surface area (Å²) in [6.07, 6.45) is 0. The number of halogens is 2. The second kappa shape index (κ2) is 11.5. The Balaban J connectivity index is 1.53. The van der Waals surface area contributed by atoms with Gasteiger partial charge >= 0.3 is 0 Å². The van der Waals surface area contributed by atoms with Gasteiger partial charge in [0.1, 0.15) is 5.75 Å². The van der Waals surface area contributed by atoms with Crippen molar-refractivity contribution < 1.29 is 31.1 Å². The lowest BCUT2D eigenvalue weighted by Crippen LogP contribution is -2.40. The van der Waals surface area contributed by atoms with Crippen LogP contribution in [-0.4, -0.2) is 60.5 Å². The van der Waals surface area contributed by atoms with Crippen molar-refractivity contribution in [2.24, 2.45) is 0 Å². The maximum absolute atomic E-state index is 13.1. The number of methoxy groups -OCH3 is 1. The van der Waals surface area contributed by atoms with Gasteiger partial charge in [-0.3, -0.25) is 9.52 Å². The standard InChI is InChI=1S/C24H23Cl2N3O7S2/c1-35-22-10-9-18(38(33,34)29-11-13-36-14-12-29)15-19(22)24(30)27-16-5-7-17(8-6-16)37(31,32)28-21-4-2-3-20(25)23(21)26/h2-10,15,28H,11-14H2,1H3,(H,27,30). The Morgan fingerprint density at radius 2 is 1.61 bits per heavy atom. The summed E-state index contributed by atoms with van der Waals surface area (Å²) in [4.78, 5) is 12.9. The van der Waals surface area contributed by atoms with E-state index in [0.29, 0.717) is 0 Å². The predicted molar refractivity (Wildman–Crippen MR) is 144 cm³/mol. The third-order valence-electron chi connectivity index (χ3n) is 5.64. The van der Waals surface area contributed by atoms with Crippen molar-refractivity contribution in [2.45, 2.75) is 9.79 Å². The molecule has 1 fully saturated rings. The van der Waals surface area contributed by atoms with Gasteiger partial charge in [-0.25, -0.2) is 16.8 Å². The molecule has 0 unspecified atom stereocenters. The molecule has 0 spiro atoms. The van der Waals surface area contributed by atoms with Crippen molar-refractivity contribution in [3.05, 3.63) is 76.3 Å². The number of ether oxygens (including phenoxy) is 2. The summed E-state index contributed by atoms with van der Waals surface area (Å²) >= 11 is 12.0. The number of rotatable bonds is 8. The van der Waals surface area contributed by atoms with E-state index in [-0.39, 0.29) is 68.8 Å². The topological polar surface area (TPSA) is 131 Å². The van der Waals surface area contributed by atoms with E-state index in [9.17, 15) is 21.6 Å². The molecule has 0 bridgehead atoms. The van der Waals surface area contributed by atoms with Crippen LogP contribution in [0.25, 0.3) is 0 Å². The smallest absolute Gasteiger partial charge is 0.261 e. The maximum atomic E-state index is 13.1. The van der Waals surface area contributed by atoms with Crippen LogP contribution in [0.5, 0.6) is 5.75 Å². The number of nitrogens with zero attached hydrogens (tertiary/aromatic N) is 1. The van der Waals surface area contributed by atoms with Crippen LogP contribution < -0.4 is 14.8 Å². The van der Waals surface area contributed by atoms with Gasteiger partial charge in [0, 0.05) is 18.8 Å². The fourth-order valence-corrected chi connectivity index (χ4v) is 6.57. The van der Waals surface area contributed by atoms with Crippen LogP contribution in [0.15, 0.2) is 70.5 Å². The van der Waals surface area contributed by atoms with E-state index in [4.69, 9.17) is 32.7 Å². The number of hydrogen-bond donors (Lipinski definition) is 2. The Morgan fingerprint density at radius 3 is 2.26 bits per heavy atom. The molecule has 4 rings (SSSR count). The molecule has 0 radical (unpaired) electrons. The highest BCUT2D eigenvalue weighted by atomic mass is 35.5. The van der Waals surface area contributed by atoms with E-state index in [1.54, 1.807) is 6.07 Å². The van der Waals surface area contributed by atoms with Gasteiger partial charge in [-0.1, -0.05) is 29.3 Å². The third-order valence-corrected chi connectivity index (χ3v) is 9.74. The molecule has 202 valence electrons. The minimum Gasteiger partial charge on any atom is -0.496 e. The Bertz CT molecular complexity index is 1560. The van der Waals surface area contributed by atoms with Crippen LogP contribution in [0.2, 0.25) is 10.0 Å². The fraction of sp³-hybridized carbons (Fsp3) is 0.208. The highest BCUT2D eigenvalue weighted by molar-refractivity contribution is 7.92. The first kappa shape index (κ1) is 28.1.